The Morgan fingerprint density at radius 1 is 1.28 bits per heavy atom. The van der Waals surface area contributed by atoms with E-state index in [2.05, 4.69) is 38.7 Å². The van der Waals surface area contributed by atoms with Crippen molar-refractivity contribution < 1.29 is 14.6 Å². The molecule has 0 aliphatic heterocycles. The molecule has 0 saturated heterocycles. The maximum Gasteiger partial charge on any atom is 0.308 e. The van der Waals surface area contributed by atoms with Gasteiger partial charge < -0.3 is 9.84 Å². The minimum Gasteiger partial charge on any atom is -0.461 e. The van der Waals surface area contributed by atoms with E-state index < -0.39 is 0 Å². The van der Waals surface area contributed by atoms with Crippen molar-refractivity contribution in [3.8, 4) is 0 Å². The van der Waals surface area contributed by atoms with Crippen LogP contribution in [0.15, 0.2) is 36.0 Å². The number of aliphatic hydroxyl groups is 1. The molecule has 0 aromatic carbocycles. The molecule has 3 aliphatic carbocycles. The van der Waals surface area contributed by atoms with Gasteiger partial charge in [0, 0.05) is 5.92 Å². The first-order valence-corrected chi connectivity index (χ1v) is 11.7. The molecule has 1 saturated carbocycles. The lowest BCUT2D eigenvalue weighted by Crippen LogP contribution is -2.41. The molecule has 3 nitrogen and oxygen atoms in total. The molecule has 0 radical (unpaired) electrons. The first-order chi connectivity index (χ1) is 13.8. The fourth-order valence-corrected chi connectivity index (χ4v) is 5.68. The Balaban J connectivity index is 1.74. The van der Waals surface area contributed by atoms with Gasteiger partial charge >= 0.3 is 5.97 Å². The van der Waals surface area contributed by atoms with Gasteiger partial charge in [0.2, 0.25) is 0 Å². The van der Waals surface area contributed by atoms with Crippen LogP contribution in [-0.2, 0) is 9.53 Å². The Labute approximate surface area is 177 Å². The van der Waals surface area contributed by atoms with Gasteiger partial charge in [-0.3, -0.25) is 4.79 Å². The zero-order chi connectivity index (χ0) is 21.1. The third kappa shape index (κ3) is 5.42. The number of carbonyl (C=O) groups is 1. The molecule has 3 heteroatoms. The van der Waals surface area contributed by atoms with E-state index in [1.807, 2.05) is 13.8 Å². The van der Waals surface area contributed by atoms with E-state index in [9.17, 15) is 9.90 Å². The highest BCUT2D eigenvalue weighted by Gasteiger charge is 2.41. The van der Waals surface area contributed by atoms with E-state index >= 15 is 0 Å². The molecule has 1 N–H and O–H groups in total. The van der Waals surface area contributed by atoms with E-state index in [0.29, 0.717) is 29.6 Å². The second-order valence-corrected chi connectivity index (χ2v) is 10.1. The Bertz CT molecular complexity index is 661. The molecule has 1 fully saturated rings. The van der Waals surface area contributed by atoms with Crippen molar-refractivity contribution >= 4 is 5.97 Å². The number of carbonyl (C=O) groups excluding carboxylic acids is 1. The minimum absolute atomic E-state index is 0.0178. The molecular weight excluding hydrogens is 360 g/mol. The fourth-order valence-electron chi connectivity index (χ4n) is 5.68. The predicted octanol–water partition coefficient (Wildman–Crippen LogP) is 5.85. The summed E-state index contributed by atoms with van der Waals surface area (Å²) in [4.78, 5) is 12.6. The third-order valence-electron chi connectivity index (χ3n) is 7.49. The van der Waals surface area contributed by atoms with Gasteiger partial charge in [0.1, 0.15) is 6.10 Å². The summed E-state index contributed by atoms with van der Waals surface area (Å²) in [6, 6.07) is 0. The molecule has 0 heterocycles. The summed E-state index contributed by atoms with van der Waals surface area (Å²) in [5.41, 5.74) is 2.56. The van der Waals surface area contributed by atoms with Gasteiger partial charge in [0.15, 0.2) is 0 Å². The monoisotopic (exact) mass is 400 g/mol. The Kier molecular flexibility index (Phi) is 7.42. The van der Waals surface area contributed by atoms with E-state index in [0.717, 1.165) is 44.9 Å². The van der Waals surface area contributed by atoms with Gasteiger partial charge in [-0.1, -0.05) is 58.1 Å². The summed E-state index contributed by atoms with van der Waals surface area (Å²) in [7, 11) is 0. The van der Waals surface area contributed by atoms with E-state index in [4.69, 9.17) is 4.74 Å². The van der Waals surface area contributed by atoms with E-state index in [-0.39, 0.29) is 24.1 Å². The SMILES string of the molecule is C=C1CC(CC[C@@H]2[C@@H]3C(=C[C@H](C)C[C@@H]3OC(=O)[C@@H](C)CC)C=C[C@@H]2C)C[C@@H](O)C1. The number of fused-ring (bicyclic) bond motifs is 1. The number of aliphatic hydroxyl groups excluding tert-OH is 1. The first kappa shape index (κ1) is 22.3. The molecule has 3 aliphatic rings. The van der Waals surface area contributed by atoms with Crippen LogP contribution in [-0.4, -0.2) is 23.3 Å². The van der Waals surface area contributed by atoms with Crippen LogP contribution in [0.25, 0.3) is 0 Å². The summed E-state index contributed by atoms with van der Waals surface area (Å²) < 4.78 is 6.12. The Hall–Kier alpha value is -1.35. The number of ether oxygens (including phenoxy) is 1. The standard InChI is InChI=1S/C26H40O3/c1-6-18(4)26(28)29-24-14-17(3)12-21-9-7-19(5)23(25(21)24)10-8-20-11-16(2)13-22(27)15-20/h7,9,12,17-20,22-25,27H,2,6,8,10-11,13-15H2,1,3-5H3/t17-,18-,19-,20?,22-,23-,24-,25-/m0/s1. The van der Waals surface area contributed by atoms with Gasteiger partial charge in [-0.25, -0.2) is 0 Å². The van der Waals surface area contributed by atoms with Crippen LogP contribution in [0, 0.1) is 35.5 Å². The van der Waals surface area contributed by atoms with Crippen molar-refractivity contribution in [2.75, 3.05) is 0 Å². The highest BCUT2D eigenvalue weighted by molar-refractivity contribution is 5.72. The van der Waals surface area contributed by atoms with Crippen molar-refractivity contribution in [3.05, 3.63) is 36.0 Å². The highest BCUT2D eigenvalue weighted by Crippen LogP contribution is 2.46. The average Bonchev–Trinajstić information content (AvgIpc) is 2.65. The summed E-state index contributed by atoms with van der Waals surface area (Å²) in [6.07, 6.45) is 13.4. The minimum atomic E-state index is -0.222. The maximum atomic E-state index is 12.6. The van der Waals surface area contributed by atoms with E-state index in [1.54, 1.807) is 0 Å². The second-order valence-electron chi connectivity index (χ2n) is 10.1. The molecule has 0 spiro atoms. The molecule has 29 heavy (non-hydrogen) atoms. The highest BCUT2D eigenvalue weighted by atomic mass is 16.5. The molecule has 0 amide bonds. The van der Waals surface area contributed by atoms with Gasteiger partial charge in [-0.15, -0.1) is 0 Å². The molecule has 3 rings (SSSR count). The van der Waals surface area contributed by atoms with Crippen LogP contribution in [0.3, 0.4) is 0 Å². The Morgan fingerprint density at radius 2 is 2.03 bits per heavy atom. The lowest BCUT2D eigenvalue weighted by atomic mass is 9.64. The van der Waals surface area contributed by atoms with Crippen molar-refractivity contribution in [1.82, 2.24) is 0 Å². The number of esters is 1. The summed E-state index contributed by atoms with van der Waals surface area (Å²) in [6.45, 7) is 12.7. The van der Waals surface area contributed by atoms with Crippen LogP contribution in [0.4, 0.5) is 0 Å². The normalized spacial score (nSPS) is 38.2. The predicted molar refractivity (Wildman–Crippen MR) is 118 cm³/mol. The quantitative estimate of drug-likeness (QED) is 0.449. The zero-order valence-electron chi connectivity index (χ0n) is 18.8. The van der Waals surface area contributed by atoms with E-state index in [1.165, 1.54) is 11.1 Å². The molecule has 1 unspecified atom stereocenters. The number of rotatable bonds is 6. The molecule has 162 valence electrons. The lowest BCUT2D eigenvalue weighted by Gasteiger charge is -2.43. The number of hydrogen-bond donors (Lipinski definition) is 1. The third-order valence-corrected chi connectivity index (χ3v) is 7.49. The lowest BCUT2D eigenvalue weighted by molar-refractivity contribution is -0.158. The second kappa shape index (κ2) is 9.64. The molecule has 8 atom stereocenters. The van der Waals surface area contributed by atoms with Gasteiger partial charge in [0.25, 0.3) is 0 Å². The molecule has 0 aromatic heterocycles. The van der Waals surface area contributed by atoms with Crippen LogP contribution in [0.2, 0.25) is 0 Å². The average molecular weight is 401 g/mol. The first-order valence-electron chi connectivity index (χ1n) is 11.7. The van der Waals surface area contributed by atoms with Gasteiger partial charge in [0.05, 0.1) is 12.0 Å². The number of hydrogen-bond acceptors (Lipinski definition) is 3. The Morgan fingerprint density at radius 3 is 2.72 bits per heavy atom. The van der Waals surface area contributed by atoms with Gasteiger partial charge in [-0.05, 0) is 74.2 Å². The smallest absolute Gasteiger partial charge is 0.308 e. The largest absolute Gasteiger partial charge is 0.461 e. The van der Waals surface area contributed by atoms with Crippen molar-refractivity contribution in [2.24, 2.45) is 35.5 Å². The van der Waals surface area contributed by atoms with Crippen molar-refractivity contribution in [3.63, 3.8) is 0 Å². The van der Waals surface area contributed by atoms with Gasteiger partial charge in [-0.2, -0.15) is 0 Å². The summed E-state index contributed by atoms with van der Waals surface area (Å²) >= 11 is 0. The maximum absolute atomic E-state index is 12.6. The van der Waals surface area contributed by atoms with Crippen molar-refractivity contribution in [1.29, 1.82) is 0 Å². The molecule has 0 bridgehead atoms. The van der Waals surface area contributed by atoms with Crippen LogP contribution < -0.4 is 0 Å². The van der Waals surface area contributed by atoms with Crippen LogP contribution in [0.5, 0.6) is 0 Å². The summed E-state index contributed by atoms with van der Waals surface area (Å²) in [5, 5.41) is 10.1. The molecular formula is C26H40O3. The topological polar surface area (TPSA) is 46.5 Å². The molecule has 0 aromatic rings. The zero-order valence-corrected chi connectivity index (χ0v) is 18.8. The van der Waals surface area contributed by atoms with Crippen LogP contribution >= 0.6 is 0 Å². The number of allylic oxidation sites excluding steroid dienone is 3. The fraction of sp³-hybridized carbons (Fsp3) is 0.731. The summed E-state index contributed by atoms with van der Waals surface area (Å²) in [5.74, 6) is 2.15. The van der Waals surface area contributed by atoms with Crippen LogP contribution in [0.1, 0.15) is 72.6 Å². The van der Waals surface area contributed by atoms with Crippen molar-refractivity contribution in [2.45, 2.75) is 84.8 Å².